The zero-order valence-corrected chi connectivity index (χ0v) is 11.3. The highest BCUT2D eigenvalue weighted by Gasteiger charge is 2.22. The van der Waals surface area contributed by atoms with Crippen LogP contribution in [0.5, 0.6) is 0 Å². The maximum atomic E-state index is 11.2. The van der Waals surface area contributed by atoms with Crippen molar-refractivity contribution in [3.63, 3.8) is 0 Å². The fourth-order valence-corrected chi connectivity index (χ4v) is 2.38. The number of pyridine rings is 1. The second-order valence-electron chi connectivity index (χ2n) is 4.88. The Hall–Kier alpha value is -2.70. The molecule has 1 atom stereocenters. The van der Waals surface area contributed by atoms with Crippen LogP contribution in [-0.2, 0) is 0 Å². The third-order valence-corrected chi connectivity index (χ3v) is 3.43. The number of anilines is 1. The number of nitrogens with one attached hydrogen (secondary N) is 1. The number of fused-ring (bicyclic) bond motifs is 1. The number of aromatic nitrogens is 2. The molecule has 0 spiro atoms. The Balaban J connectivity index is 1.74. The first-order valence-corrected chi connectivity index (χ1v) is 6.79. The highest BCUT2D eigenvalue weighted by Crippen LogP contribution is 2.28. The normalized spacial score (nSPS) is 17.2. The fourth-order valence-electron chi connectivity index (χ4n) is 2.38. The molecule has 0 aromatic carbocycles. The molecular weight excluding hydrogens is 270 g/mol. The van der Waals surface area contributed by atoms with Gasteiger partial charge >= 0.3 is 5.69 Å². The van der Waals surface area contributed by atoms with E-state index in [1.165, 1.54) is 4.52 Å². The van der Waals surface area contributed by atoms with Crippen molar-refractivity contribution < 1.29 is 4.92 Å². The van der Waals surface area contributed by atoms with Crippen molar-refractivity contribution in [1.29, 1.82) is 0 Å². The lowest BCUT2D eigenvalue weighted by molar-refractivity contribution is -0.382. The first-order chi connectivity index (χ1) is 10.3. The summed E-state index contributed by atoms with van der Waals surface area (Å²) in [5.74, 6) is 0.688. The van der Waals surface area contributed by atoms with Gasteiger partial charge in [0, 0.05) is 25.2 Å². The Bertz CT molecular complexity index is 719. The largest absolute Gasteiger partial charge is 0.363 e. The number of allylic oxidation sites excluding steroid dienone is 1. The Morgan fingerprint density at radius 3 is 3.14 bits per heavy atom. The van der Waals surface area contributed by atoms with Crippen molar-refractivity contribution in [2.45, 2.75) is 12.8 Å². The number of nitrogens with zero attached hydrogens (tertiary/aromatic N) is 4. The fraction of sp³-hybridized carbons (Fsp3) is 0.286. The molecule has 2 aromatic rings. The van der Waals surface area contributed by atoms with Crippen LogP contribution >= 0.6 is 0 Å². The van der Waals surface area contributed by atoms with Gasteiger partial charge in [0.05, 0.1) is 4.92 Å². The van der Waals surface area contributed by atoms with Gasteiger partial charge in [-0.05, 0) is 30.9 Å². The molecule has 1 aliphatic rings. The summed E-state index contributed by atoms with van der Waals surface area (Å²) in [6.45, 7) is 0.620. The van der Waals surface area contributed by atoms with E-state index < -0.39 is 4.92 Å². The molecule has 0 saturated carbocycles. The summed E-state index contributed by atoms with van der Waals surface area (Å²) in [5.41, 5.74) is 0.514. The number of nitro groups is 1. The van der Waals surface area contributed by atoms with Crippen LogP contribution in [0.4, 0.5) is 11.5 Å². The van der Waals surface area contributed by atoms with Crippen molar-refractivity contribution in [3.05, 3.63) is 46.8 Å². The van der Waals surface area contributed by atoms with E-state index in [0.29, 0.717) is 23.8 Å². The Morgan fingerprint density at radius 1 is 1.48 bits per heavy atom. The summed E-state index contributed by atoms with van der Waals surface area (Å²) >= 11 is 0. The van der Waals surface area contributed by atoms with Gasteiger partial charge in [0.25, 0.3) is 0 Å². The van der Waals surface area contributed by atoms with Crippen molar-refractivity contribution in [2.24, 2.45) is 10.9 Å². The summed E-state index contributed by atoms with van der Waals surface area (Å²) < 4.78 is 1.52. The van der Waals surface area contributed by atoms with Crippen LogP contribution in [0.15, 0.2) is 41.7 Å². The minimum Gasteiger partial charge on any atom is -0.363 e. The minimum absolute atomic E-state index is 0.0211. The van der Waals surface area contributed by atoms with Gasteiger partial charge < -0.3 is 5.32 Å². The van der Waals surface area contributed by atoms with Crippen molar-refractivity contribution in [3.8, 4) is 0 Å². The van der Waals surface area contributed by atoms with Gasteiger partial charge in [0.15, 0.2) is 0 Å². The summed E-state index contributed by atoms with van der Waals surface area (Å²) in [5, 5.41) is 18.5. The standard InChI is InChI=1S/C14H15N5O2/c20-19(21)13-12-5-1-2-9-18(12)17-14(13)16-8-6-11-4-3-7-15-10-11/h1-3,5,7,9-11H,4,6,8H2,(H,16,17). The van der Waals surface area contributed by atoms with Crippen LogP contribution in [0, 0.1) is 16.0 Å². The maximum Gasteiger partial charge on any atom is 0.338 e. The van der Waals surface area contributed by atoms with Gasteiger partial charge in [-0.2, -0.15) is 0 Å². The monoisotopic (exact) mass is 285 g/mol. The summed E-state index contributed by atoms with van der Waals surface area (Å²) in [4.78, 5) is 15.0. The minimum atomic E-state index is -0.393. The average Bonchev–Trinajstić information content (AvgIpc) is 2.86. The lowest BCUT2D eigenvalue weighted by Crippen LogP contribution is -2.11. The van der Waals surface area contributed by atoms with Gasteiger partial charge in [-0.15, -0.1) is 5.10 Å². The molecule has 108 valence electrons. The molecule has 21 heavy (non-hydrogen) atoms. The third-order valence-electron chi connectivity index (χ3n) is 3.43. The van der Waals surface area contributed by atoms with Crippen LogP contribution in [0.3, 0.4) is 0 Å². The maximum absolute atomic E-state index is 11.2. The molecule has 7 nitrogen and oxygen atoms in total. The van der Waals surface area contributed by atoms with Crippen LogP contribution in [0.25, 0.3) is 5.52 Å². The summed E-state index contributed by atoms with van der Waals surface area (Å²) in [6, 6.07) is 5.24. The van der Waals surface area contributed by atoms with E-state index in [2.05, 4.69) is 15.4 Å². The molecule has 0 radical (unpaired) electrons. The van der Waals surface area contributed by atoms with E-state index in [9.17, 15) is 10.1 Å². The van der Waals surface area contributed by atoms with Crippen molar-refractivity contribution in [1.82, 2.24) is 9.61 Å². The molecular formula is C14H15N5O2. The van der Waals surface area contributed by atoms with Gasteiger partial charge in [-0.3, -0.25) is 15.1 Å². The molecule has 7 heteroatoms. The summed E-state index contributed by atoms with van der Waals surface area (Å²) in [7, 11) is 0. The average molecular weight is 285 g/mol. The molecule has 1 N–H and O–H groups in total. The molecule has 0 bridgehead atoms. The van der Waals surface area contributed by atoms with E-state index >= 15 is 0 Å². The van der Waals surface area contributed by atoms with E-state index in [-0.39, 0.29) is 5.69 Å². The van der Waals surface area contributed by atoms with Crippen LogP contribution in [0.2, 0.25) is 0 Å². The number of rotatable bonds is 5. The quantitative estimate of drug-likeness (QED) is 0.676. The highest BCUT2D eigenvalue weighted by atomic mass is 16.6. The first kappa shape index (κ1) is 13.3. The molecule has 0 saturated heterocycles. The Labute approximate surface area is 121 Å². The Morgan fingerprint density at radius 2 is 2.38 bits per heavy atom. The highest BCUT2D eigenvalue weighted by molar-refractivity contribution is 5.76. The molecule has 1 aliphatic heterocycles. The molecule has 1 unspecified atom stereocenters. The summed E-state index contributed by atoms with van der Waals surface area (Å²) in [6.07, 6.45) is 9.25. The lowest BCUT2D eigenvalue weighted by Gasteiger charge is -2.11. The number of aliphatic imine (C=N–C) groups is 1. The molecule has 3 heterocycles. The van der Waals surface area contributed by atoms with Crippen LogP contribution in [0.1, 0.15) is 12.8 Å². The lowest BCUT2D eigenvalue weighted by atomic mass is 10.0. The zero-order chi connectivity index (χ0) is 14.7. The predicted molar refractivity (Wildman–Crippen MR) is 80.7 cm³/mol. The smallest absolute Gasteiger partial charge is 0.338 e. The molecule has 0 amide bonds. The van der Waals surface area contributed by atoms with Crippen molar-refractivity contribution >= 4 is 23.2 Å². The number of hydrogen-bond acceptors (Lipinski definition) is 5. The van der Waals surface area contributed by atoms with Crippen molar-refractivity contribution in [2.75, 3.05) is 11.9 Å². The predicted octanol–water partition coefficient (Wildman–Crippen LogP) is 2.65. The SMILES string of the molecule is O=[N+]([O-])c1c(NCCC2C=NC=CC2)nn2ccccc12. The van der Waals surface area contributed by atoms with E-state index in [1.54, 1.807) is 30.6 Å². The van der Waals surface area contributed by atoms with E-state index in [4.69, 9.17) is 0 Å². The second kappa shape index (κ2) is 5.74. The van der Waals surface area contributed by atoms with Crippen LogP contribution in [-0.4, -0.2) is 27.3 Å². The van der Waals surface area contributed by atoms with Gasteiger partial charge in [-0.25, -0.2) is 4.52 Å². The molecule has 2 aromatic heterocycles. The van der Waals surface area contributed by atoms with E-state index in [1.807, 2.05) is 12.3 Å². The van der Waals surface area contributed by atoms with Gasteiger partial charge in [0.2, 0.25) is 5.82 Å². The second-order valence-corrected chi connectivity index (χ2v) is 4.88. The van der Waals surface area contributed by atoms with Crippen LogP contribution < -0.4 is 5.32 Å². The first-order valence-electron chi connectivity index (χ1n) is 6.79. The molecule has 0 fully saturated rings. The van der Waals surface area contributed by atoms with E-state index in [0.717, 1.165) is 12.8 Å². The number of hydrogen-bond donors (Lipinski definition) is 1. The van der Waals surface area contributed by atoms with Gasteiger partial charge in [0.1, 0.15) is 5.52 Å². The third kappa shape index (κ3) is 2.76. The van der Waals surface area contributed by atoms with Gasteiger partial charge in [-0.1, -0.05) is 12.1 Å². The Kier molecular flexibility index (Phi) is 3.63. The molecule has 0 aliphatic carbocycles. The topological polar surface area (TPSA) is 84.8 Å². The molecule has 3 rings (SSSR count). The zero-order valence-electron chi connectivity index (χ0n) is 11.3.